The molecule has 228 valence electrons. The lowest BCUT2D eigenvalue weighted by Gasteiger charge is -2.18. The third kappa shape index (κ3) is 6.77. The summed E-state index contributed by atoms with van der Waals surface area (Å²) in [7, 11) is 0. The number of carbonyl (C=O) groups is 3. The predicted octanol–water partition coefficient (Wildman–Crippen LogP) is 8.41. The molecule has 9 heteroatoms. The quantitative estimate of drug-likeness (QED) is 0.111. The fraction of sp³-hybridized carbons (Fsp3) is 0.0541. The zero-order valence-electron chi connectivity index (χ0n) is 24.8. The van der Waals surface area contributed by atoms with Crippen molar-refractivity contribution in [3.63, 3.8) is 0 Å². The van der Waals surface area contributed by atoms with Crippen molar-refractivity contribution < 1.29 is 14.4 Å². The van der Waals surface area contributed by atoms with Crippen LogP contribution in [0.2, 0.25) is 5.02 Å². The van der Waals surface area contributed by atoms with Gasteiger partial charge in [-0.1, -0.05) is 90.5 Å². The summed E-state index contributed by atoms with van der Waals surface area (Å²) >= 11 is 6.07. The average Bonchev–Trinajstić information content (AvgIpc) is 3.39. The molecular weight excluding hydrogens is 598 g/mol. The molecule has 0 spiro atoms. The van der Waals surface area contributed by atoms with Crippen molar-refractivity contribution in [3.05, 3.63) is 155 Å². The van der Waals surface area contributed by atoms with E-state index in [1.54, 1.807) is 60.7 Å². The van der Waals surface area contributed by atoms with Crippen LogP contribution in [0.25, 0.3) is 11.3 Å². The number of hydrogen-bond donors (Lipinski definition) is 5. The number of benzene rings is 5. The summed E-state index contributed by atoms with van der Waals surface area (Å²) in [6, 6.07) is 37.7. The van der Waals surface area contributed by atoms with Gasteiger partial charge in [-0.2, -0.15) is 0 Å². The van der Waals surface area contributed by atoms with Gasteiger partial charge in [-0.25, -0.2) is 4.79 Å². The molecule has 0 aromatic heterocycles. The molecule has 0 radical (unpaired) electrons. The van der Waals surface area contributed by atoms with Crippen molar-refractivity contribution in [1.29, 1.82) is 0 Å². The molecule has 0 aliphatic carbocycles. The molecule has 4 amide bonds. The second kappa shape index (κ2) is 13.4. The number of rotatable bonds is 8. The standard InChI is InChI=1S/C37H30ClN5O3/c1-23(24-11-4-2-5-12-24)39-35(44)26-19-20-30-29(21-26)33(36(45)42-30)34(25-13-6-3-7-14-25)41-31-17-8-9-18-32(31)43-37(46)40-28-16-10-15-27(38)22-28/h2-23,41H,1H3,(H,39,44)(H,42,45)(H2,40,43,46)/t23-/m1/s1. The Morgan fingerprint density at radius 2 is 1.37 bits per heavy atom. The van der Waals surface area contributed by atoms with E-state index in [-0.39, 0.29) is 17.9 Å². The van der Waals surface area contributed by atoms with Crippen LogP contribution in [-0.2, 0) is 4.79 Å². The molecule has 5 N–H and O–H groups in total. The molecule has 1 aliphatic rings. The highest BCUT2D eigenvalue weighted by molar-refractivity contribution is 6.37. The SMILES string of the molecule is C[C@@H](NC(=O)c1ccc2c(c1)C(=C(Nc1ccccc1NC(=O)Nc1cccc(Cl)c1)c1ccccc1)C(=O)N2)c1ccccc1. The van der Waals surface area contributed by atoms with Gasteiger partial charge in [0.25, 0.3) is 11.8 Å². The maximum Gasteiger partial charge on any atom is 0.323 e. The maximum atomic E-state index is 13.6. The molecular formula is C37H30ClN5O3. The molecule has 6 rings (SSSR count). The van der Waals surface area contributed by atoms with Crippen LogP contribution in [0.5, 0.6) is 0 Å². The number of fused-ring (bicyclic) bond motifs is 1. The highest BCUT2D eigenvalue weighted by Gasteiger charge is 2.30. The van der Waals surface area contributed by atoms with E-state index in [0.29, 0.717) is 50.2 Å². The Morgan fingerprint density at radius 3 is 2.09 bits per heavy atom. The molecule has 1 atom stereocenters. The summed E-state index contributed by atoms with van der Waals surface area (Å²) in [5.74, 6) is -0.576. The van der Waals surface area contributed by atoms with Crippen LogP contribution in [0.4, 0.5) is 27.5 Å². The highest BCUT2D eigenvalue weighted by Crippen LogP contribution is 2.39. The largest absolute Gasteiger partial charge is 0.353 e. The van der Waals surface area contributed by atoms with Crippen molar-refractivity contribution in [3.8, 4) is 0 Å². The van der Waals surface area contributed by atoms with E-state index in [1.165, 1.54) is 0 Å². The van der Waals surface area contributed by atoms with Gasteiger partial charge in [0.05, 0.1) is 28.7 Å². The van der Waals surface area contributed by atoms with Gasteiger partial charge < -0.3 is 26.6 Å². The third-order valence-electron chi connectivity index (χ3n) is 7.50. The molecule has 8 nitrogen and oxygen atoms in total. The molecule has 0 bridgehead atoms. The minimum atomic E-state index is -0.463. The smallest absolute Gasteiger partial charge is 0.323 e. The second-order valence-electron chi connectivity index (χ2n) is 10.7. The number of amides is 4. The van der Waals surface area contributed by atoms with Gasteiger partial charge in [0.15, 0.2) is 0 Å². The van der Waals surface area contributed by atoms with E-state index < -0.39 is 6.03 Å². The Morgan fingerprint density at radius 1 is 0.696 bits per heavy atom. The zero-order chi connectivity index (χ0) is 32.0. The van der Waals surface area contributed by atoms with Crippen LogP contribution < -0.4 is 26.6 Å². The van der Waals surface area contributed by atoms with E-state index in [4.69, 9.17) is 11.6 Å². The first-order chi connectivity index (χ1) is 22.4. The molecule has 46 heavy (non-hydrogen) atoms. The first-order valence-electron chi connectivity index (χ1n) is 14.7. The summed E-state index contributed by atoms with van der Waals surface area (Å²) in [6.07, 6.45) is 0. The van der Waals surface area contributed by atoms with Gasteiger partial charge >= 0.3 is 6.03 Å². The van der Waals surface area contributed by atoms with Crippen molar-refractivity contribution in [1.82, 2.24) is 5.32 Å². The summed E-state index contributed by atoms with van der Waals surface area (Å²) in [6.45, 7) is 1.93. The van der Waals surface area contributed by atoms with Crippen LogP contribution in [0.1, 0.15) is 40.0 Å². The summed E-state index contributed by atoms with van der Waals surface area (Å²) in [5.41, 5.74) is 5.78. The van der Waals surface area contributed by atoms with Gasteiger partial charge in [0, 0.05) is 27.5 Å². The van der Waals surface area contributed by atoms with Gasteiger partial charge in [0.1, 0.15) is 0 Å². The number of para-hydroxylation sites is 2. The fourth-order valence-corrected chi connectivity index (χ4v) is 5.42. The number of urea groups is 1. The predicted molar refractivity (Wildman–Crippen MR) is 185 cm³/mol. The first-order valence-corrected chi connectivity index (χ1v) is 15.0. The summed E-state index contributed by atoms with van der Waals surface area (Å²) in [4.78, 5) is 39.9. The van der Waals surface area contributed by atoms with E-state index in [1.807, 2.05) is 73.7 Å². The molecule has 0 fully saturated rings. The van der Waals surface area contributed by atoms with Crippen LogP contribution >= 0.6 is 11.6 Å². The van der Waals surface area contributed by atoms with Crippen LogP contribution in [0, 0.1) is 0 Å². The lowest BCUT2D eigenvalue weighted by atomic mass is 9.98. The second-order valence-corrected chi connectivity index (χ2v) is 11.1. The molecule has 0 saturated carbocycles. The van der Waals surface area contributed by atoms with E-state index in [9.17, 15) is 14.4 Å². The van der Waals surface area contributed by atoms with Gasteiger partial charge in [-0.05, 0) is 66.6 Å². The van der Waals surface area contributed by atoms with Crippen LogP contribution in [0.3, 0.4) is 0 Å². The lowest BCUT2D eigenvalue weighted by Crippen LogP contribution is -2.26. The highest BCUT2D eigenvalue weighted by atomic mass is 35.5. The molecule has 0 saturated heterocycles. The number of nitrogens with one attached hydrogen (secondary N) is 5. The van der Waals surface area contributed by atoms with E-state index in [0.717, 1.165) is 11.1 Å². The van der Waals surface area contributed by atoms with Gasteiger partial charge in [0.2, 0.25) is 0 Å². The minimum absolute atomic E-state index is 0.210. The van der Waals surface area contributed by atoms with E-state index in [2.05, 4.69) is 26.6 Å². The zero-order valence-corrected chi connectivity index (χ0v) is 25.6. The first kappa shape index (κ1) is 30.2. The summed E-state index contributed by atoms with van der Waals surface area (Å²) < 4.78 is 0. The monoisotopic (exact) mass is 627 g/mol. The Hall–Kier alpha value is -5.86. The molecule has 1 heterocycles. The maximum absolute atomic E-state index is 13.6. The van der Waals surface area contributed by atoms with E-state index >= 15 is 0 Å². The molecule has 0 unspecified atom stereocenters. The van der Waals surface area contributed by atoms with Crippen molar-refractivity contribution in [2.45, 2.75) is 13.0 Å². The van der Waals surface area contributed by atoms with Crippen LogP contribution in [-0.4, -0.2) is 17.8 Å². The Bertz CT molecular complexity index is 1960. The van der Waals surface area contributed by atoms with Gasteiger partial charge in [-0.3, -0.25) is 9.59 Å². The Balaban J connectivity index is 1.34. The van der Waals surface area contributed by atoms with Crippen molar-refractivity contribution in [2.75, 3.05) is 21.3 Å². The number of halogens is 1. The fourth-order valence-electron chi connectivity index (χ4n) is 5.23. The number of anilines is 4. The van der Waals surface area contributed by atoms with Crippen molar-refractivity contribution in [2.24, 2.45) is 0 Å². The number of carbonyl (C=O) groups excluding carboxylic acids is 3. The number of hydrogen-bond acceptors (Lipinski definition) is 4. The minimum Gasteiger partial charge on any atom is -0.353 e. The lowest BCUT2D eigenvalue weighted by molar-refractivity contribution is -0.110. The molecule has 1 aliphatic heterocycles. The average molecular weight is 628 g/mol. The topological polar surface area (TPSA) is 111 Å². The normalized spacial score (nSPS) is 13.6. The van der Waals surface area contributed by atoms with Gasteiger partial charge in [-0.15, -0.1) is 0 Å². The van der Waals surface area contributed by atoms with Crippen molar-refractivity contribution >= 4 is 63.5 Å². The molecule has 5 aromatic carbocycles. The Labute approximate surface area is 271 Å². The van der Waals surface area contributed by atoms with Crippen LogP contribution in [0.15, 0.2) is 127 Å². The Kier molecular flexibility index (Phi) is 8.80. The molecule has 5 aromatic rings. The third-order valence-corrected chi connectivity index (χ3v) is 7.74. The summed E-state index contributed by atoms with van der Waals surface area (Å²) in [5, 5.41) is 15.6.